The van der Waals surface area contributed by atoms with Gasteiger partial charge in [-0.3, -0.25) is 0 Å². The molecule has 0 saturated carbocycles. The molecule has 1 heterocycles. The first-order chi connectivity index (χ1) is 4.75. The van der Waals surface area contributed by atoms with Crippen molar-refractivity contribution in [3.8, 4) is 0 Å². The van der Waals surface area contributed by atoms with Gasteiger partial charge >= 0.3 is 0 Å². The molecule has 0 unspecified atom stereocenters. The average molecular weight is 167 g/mol. The summed E-state index contributed by atoms with van der Waals surface area (Å²) in [6, 6.07) is 1.44. The Balaban J connectivity index is 2.90. The van der Waals surface area contributed by atoms with Gasteiger partial charge in [0.2, 0.25) is 0 Å². The van der Waals surface area contributed by atoms with Crippen LogP contribution < -0.4 is 0 Å². The number of rotatable bonds is 2. The number of alkyl halides is 3. The minimum absolute atomic E-state index is 0.0656. The molecule has 10 heavy (non-hydrogen) atoms. The van der Waals surface area contributed by atoms with E-state index < -0.39 is 6.43 Å². The van der Waals surface area contributed by atoms with Crippen LogP contribution in [0.1, 0.15) is 17.7 Å². The van der Waals surface area contributed by atoms with E-state index in [1.54, 1.807) is 0 Å². The zero-order valence-electron chi connectivity index (χ0n) is 4.98. The van der Waals surface area contributed by atoms with Crippen LogP contribution in [-0.4, -0.2) is 0 Å². The van der Waals surface area contributed by atoms with E-state index in [9.17, 15) is 8.78 Å². The SMILES string of the molecule is FC(F)c1occc1CCl. The summed E-state index contributed by atoms with van der Waals surface area (Å²) >= 11 is 5.32. The molecule has 1 aromatic rings. The van der Waals surface area contributed by atoms with Gasteiger partial charge in [-0.05, 0) is 6.07 Å². The van der Waals surface area contributed by atoms with E-state index >= 15 is 0 Å². The summed E-state index contributed by atoms with van der Waals surface area (Å²) in [5, 5.41) is 0. The van der Waals surface area contributed by atoms with E-state index in [0.29, 0.717) is 5.56 Å². The summed E-state index contributed by atoms with van der Waals surface area (Å²) in [6.45, 7) is 0. The first kappa shape index (κ1) is 7.54. The maximum absolute atomic E-state index is 11.9. The third-order valence-corrected chi connectivity index (χ3v) is 1.41. The van der Waals surface area contributed by atoms with E-state index in [4.69, 9.17) is 11.6 Å². The molecule has 1 nitrogen and oxygen atoms in total. The predicted molar refractivity (Wildman–Crippen MR) is 33.2 cm³/mol. The summed E-state index contributed by atoms with van der Waals surface area (Å²) in [4.78, 5) is 0. The predicted octanol–water partition coefficient (Wildman–Crippen LogP) is 2.96. The molecule has 0 radical (unpaired) electrons. The molecule has 0 aromatic carbocycles. The maximum atomic E-state index is 11.9. The van der Waals surface area contributed by atoms with Crippen LogP contribution in [0, 0.1) is 0 Å². The van der Waals surface area contributed by atoms with Crippen molar-refractivity contribution in [2.45, 2.75) is 12.3 Å². The fourth-order valence-electron chi connectivity index (χ4n) is 0.649. The molecule has 0 atom stereocenters. The first-order valence-corrected chi connectivity index (χ1v) is 3.19. The standard InChI is InChI=1S/C6H5ClF2O/c7-3-4-1-2-10-5(4)6(8)9/h1-2,6H,3H2. The van der Waals surface area contributed by atoms with Crippen molar-refractivity contribution in [1.82, 2.24) is 0 Å². The Morgan fingerprint density at radius 1 is 1.60 bits per heavy atom. The fourth-order valence-corrected chi connectivity index (χ4v) is 0.870. The van der Waals surface area contributed by atoms with Gasteiger partial charge in [0.15, 0.2) is 5.76 Å². The Morgan fingerprint density at radius 2 is 2.30 bits per heavy atom. The van der Waals surface area contributed by atoms with E-state index in [0.717, 1.165) is 0 Å². The Kier molecular flexibility index (Phi) is 2.27. The molecule has 0 spiro atoms. The lowest BCUT2D eigenvalue weighted by atomic mass is 10.3. The molecule has 0 saturated heterocycles. The Hall–Kier alpha value is -0.570. The van der Waals surface area contributed by atoms with Crippen LogP contribution in [0.4, 0.5) is 8.78 Å². The Labute approximate surface area is 61.6 Å². The van der Waals surface area contributed by atoms with Crippen LogP contribution >= 0.6 is 11.6 Å². The maximum Gasteiger partial charge on any atom is 0.295 e. The van der Waals surface area contributed by atoms with E-state index in [-0.39, 0.29) is 11.6 Å². The molecule has 0 N–H and O–H groups in total. The summed E-state index contributed by atoms with van der Waals surface area (Å²) < 4.78 is 28.3. The van der Waals surface area contributed by atoms with Crippen LogP contribution in [0.3, 0.4) is 0 Å². The summed E-state index contributed by atoms with van der Waals surface area (Å²) in [6.07, 6.45) is -1.36. The lowest BCUT2D eigenvalue weighted by Gasteiger charge is -1.94. The molecular weight excluding hydrogens is 162 g/mol. The Morgan fingerprint density at radius 3 is 2.70 bits per heavy atom. The highest BCUT2D eigenvalue weighted by molar-refractivity contribution is 6.17. The molecule has 1 rings (SSSR count). The van der Waals surface area contributed by atoms with Gasteiger partial charge in [-0.15, -0.1) is 11.6 Å². The minimum atomic E-state index is -2.57. The van der Waals surface area contributed by atoms with E-state index in [1.165, 1.54) is 12.3 Å². The van der Waals surface area contributed by atoms with Crippen LogP contribution in [0.15, 0.2) is 16.7 Å². The number of hydrogen-bond donors (Lipinski definition) is 0. The lowest BCUT2D eigenvalue weighted by Crippen LogP contribution is -1.84. The smallest absolute Gasteiger partial charge is 0.295 e. The topological polar surface area (TPSA) is 13.1 Å². The largest absolute Gasteiger partial charge is 0.463 e. The first-order valence-electron chi connectivity index (χ1n) is 2.66. The third kappa shape index (κ3) is 1.29. The zero-order valence-corrected chi connectivity index (χ0v) is 5.74. The van der Waals surface area contributed by atoms with Crippen molar-refractivity contribution >= 4 is 11.6 Å². The monoisotopic (exact) mass is 166 g/mol. The van der Waals surface area contributed by atoms with E-state index in [2.05, 4.69) is 4.42 Å². The third-order valence-electron chi connectivity index (χ3n) is 1.12. The van der Waals surface area contributed by atoms with Crippen molar-refractivity contribution in [3.05, 3.63) is 23.7 Å². The molecule has 0 aliphatic heterocycles. The van der Waals surface area contributed by atoms with Crippen molar-refractivity contribution in [2.75, 3.05) is 0 Å². The quantitative estimate of drug-likeness (QED) is 0.616. The molecule has 1 aromatic heterocycles. The highest BCUT2D eigenvalue weighted by Crippen LogP contribution is 2.24. The van der Waals surface area contributed by atoms with Crippen LogP contribution in [0.2, 0.25) is 0 Å². The number of hydrogen-bond acceptors (Lipinski definition) is 1. The van der Waals surface area contributed by atoms with Gasteiger partial charge in [0, 0.05) is 5.56 Å². The molecular formula is C6H5ClF2O. The molecule has 0 amide bonds. The second kappa shape index (κ2) is 3.01. The second-order valence-electron chi connectivity index (χ2n) is 1.74. The highest BCUT2D eigenvalue weighted by atomic mass is 35.5. The van der Waals surface area contributed by atoms with Crippen molar-refractivity contribution in [2.24, 2.45) is 0 Å². The molecule has 0 aliphatic rings. The number of halogens is 3. The number of furan rings is 1. The fraction of sp³-hybridized carbons (Fsp3) is 0.333. The normalized spacial score (nSPS) is 10.8. The summed E-state index contributed by atoms with van der Waals surface area (Å²) in [5.74, 6) is -0.258. The van der Waals surface area contributed by atoms with Crippen molar-refractivity contribution < 1.29 is 13.2 Å². The lowest BCUT2D eigenvalue weighted by molar-refractivity contribution is 0.120. The molecule has 0 fully saturated rings. The summed E-state index contributed by atoms with van der Waals surface area (Å²) in [7, 11) is 0. The molecule has 0 aliphatic carbocycles. The van der Waals surface area contributed by atoms with Gasteiger partial charge in [0.25, 0.3) is 6.43 Å². The molecule has 0 bridgehead atoms. The molecule has 4 heteroatoms. The van der Waals surface area contributed by atoms with E-state index in [1.807, 2.05) is 0 Å². The van der Waals surface area contributed by atoms with Gasteiger partial charge in [0.05, 0.1) is 12.1 Å². The van der Waals surface area contributed by atoms with Crippen LogP contribution in [-0.2, 0) is 5.88 Å². The van der Waals surface area contributed by atoms with Crippen LogP contribution in [0.25, 0.3) is 0 Å². The van der Waals surface area contributed by atoms with Gasteiger partial charge in [0.1, 0.15) is 0 Å². The van der Waals surface area contributed by atoms with Crippen molar-refractivity contribution in [3.63, 3.8) is 0 Å². The van der Waals surface area contributed by atoms with Gasteiger partial charge in [-0.25, -0.2) is 8.78 Å². The minimum Gasteiger partial charge on any atom is -0.463 e. The summed E-state index contributed by atoms with van der Waals surface area (Å²) in [5.41, 5.74) is 0.358. The molecule has 56 valence electrons. The zero-order chi connectivity index (χ0) is 7.56. The Bertz CT molecular complexity index is 209. The highest BCUT2D eigenvalue weighted by Gasteiger charge is 2.15. The van der Waals surface area contributed by atoms with Gasteiger partial charge < -0.3 is 4.42 Å². The average Bonchev–Trinajstić information content (AvgIpc) is 2.33. The second-order valence-corrected chi connectivity index (χ2v) is 2.01. The van der Waals surface area contributed by atoms with Crippen molar-refractivity contribution in [1.29, 1.82) is 0 Å². The van der Waals surface area contributed by atoms with Gasteiger partial charge in [-0.2, -0.15) is 0 Å². The van der Waals surface area contributed by atoms with Gasteiger partial charge in [-0.1, -0.05) is 0 Å². The van der Waals surface area contributed by atoms with Crippen LogP contribution in [0.5, 0.6) is 0 Å².